The van der Waals surface area contributed by atoms with E-state index in [1.807, 2.05) is 0 Å². The summed E-state index contributed by atoms with van der Waals surface area (Å²) < 4.78 is 10.8. The number of phenols is 5. The Labute approximate surface area is 186 Å². The summed E-state index contributed by atoms with van der Waals surface area (Å²) in [4.78, 5) is 13.2. The molecule has 1 saturated heterocycles. The van der Waals surface area contributed by atoms with E-state index in [0.29, 0.717) is 0 Å². The maximum absolute atomic E-state index is 13.2. The quantitative estimate of drug-likeness (QED) is 0.191. The lowest BCUT2D eigenvalue weighted by atomic mass is 9.94. The van der Waals surface area contributed by atoms with Crippen molar-refractivity contribution in [3.63, 3.8) is 0 Å². The highest BCUT2D eigenvalue weighted by atomic mass is 16.7. The number of carbonyl (C=O) groups is 1. The van der Waals surface area contributed by atoms with Crippen LogP contribution < -0.4 is 0 Å². The van der Waals surface area contributed by atoms with E-state index >= 15 is 0 Å². The average Bonchev–Trinajstić information content (AvgIpc) is 2.74. The van der Waals surface area contributed by atoms with Crippen LogP contribution in [0.5, 0.6) is 28.7 Å². The minimum atomic E-state index is -2.01. The monoisotopic (exact) mass is 468 g/mol. The van der Waals surface area contributed by atoms with Gasteiger partial charge in [-0.1, -0.05) is 6.07 Å². The number of Topliss-reactive ketones (excluding diaryl/α,β-unsaturated/α-hetero) is 1. The maximum Gasteiger partial charge on any atom is 0.202 e. The van der Waals surface area contributed by atoms with E-state index in [9.17, 15) is 50.8 Å². The van der Waals surface area contributed by atoms with E-state index in [-0.39, 0.29) is 5.56 Å². The lowest BCUT2D eigenvalue weighted by Crippen LogP contribution is -2.58. The summed E-state index contributed by atoms with van der Waals surface area (Å²) in [6.45, 7) is 1.36. The summed E-state index contributed by atoms with van der Waals surface area (Å²) in [6.07, 6.45) is -11.8. The lowest BCUT2D eigenvalue weighted by Gasteiger charge is -2.40. The van der Waals surface area contributed by atoms with Gasteiger partial charge in [-0.15, -0.1) is 0 Å². The molecule has 1 heterocycles. The predicted octanol–water partition coefficient (Wildman–Crippen LogP) is -0.656. The predicted molar refractivity (Wildman–Crippen MR) is 108 cm³/mol. The number of phenolic OH excluding ortho intramolecular Hbond substituents is 5. The number of rotatable bonds is 6. The van der Waals surface area contributed by atoms with Gasteiger partial charge in [0.05, 0.1) is 6.10 Å². The van der Waals surface area contributed by atoms with Crippen molar-refractivity contribution in [1.29, 1.82) is 0 Å². The Hall–Kier alpha value is -3.13. The molecule has 2 aromatic carbocycles. The minimum absolute atomic E-state index is 0.139. The van der Waals surface area contributed by atoms with Crippen molar-refractivity contribution in [2.45, 2.75) is 49.8 Å². The van der Waals surface area contributed by atoms with E-state index in [1.54, 1.807) is 0 Å². The van der Waals surface area contributed by atoms with Crippen molar-refractivity contribution in [2.75, 3.05) is 0 Å². The molecule has 3 rings (SSSR count). The Balaban J connectivity index is 2.02. The van der Waals surface area contributed by atoms with E-state index < -0.39 is 83.0 Å². The number of carbonyl (C=O) groups excluding carboxylic acids is 1. The smallest absolute Gasteiger partial charge is 0.202 e. The first-order chi connectivity index (χ1) is 15.4. The minimum Gasteiger partial charge on any atom is -0.508 e. The molecule has 0 spiro atoms. The van der Waals surface area contributed by atoms with Crippen LogP contribution in [-0.2, 0) is 9.47 Å². The van der Waals surface area contributed by atoms with Gasteiger partial charge in [0.25, 0.3) is 0 Å². The Morgan fingerprint density at radius 1 is 0.879 bits per heavy atom. The van der Waals surface area contributed by atoms with Crippen LogP contribution in [0.2, 0.25) is 0 Å². The number of aliphatic hydroxyl groups excluding tert-OH is 4. The Bertz CT molecular complexity index is 1000. The number of benzene rings is 2. The summed E-state index contributed by atoms with van der Waals surface area (Å²) in [7, 11) is 0. The molecule has 0 bridgehead atoms. The summed E-state index contributed by atoms with van der Waals surface area (Å²) in [5, 5.41) is 89.9. The number of ether oxygens (including phenoxy) is 2. The average molecular weight is 468 g/mol. The van der Waals surface area contributed by atoms with Gasteiger partial charge in [-0.3, -0.25) is 4.79 Å². The molecule has 0 amide bonds. The van der Waals surface area contributed by atoms with Gasteiger partial charge in [-0.2, -0.15) is 0 Å². The number of aromatic hydroxyl groups is 5. The largest absolute Gasteiger partial charge is 0.508 e. The summed E-state index contributed by atoms with van der Waals surface area (Å²) >= 11 is 0. The van der Waals surface area contributed by atoms with E-state index in [2.05, 4.69) is 0 Å². The Morgan fingerprint density at radius 2 is 1.48 bits per heavy atom. The highest BCUT2D eigenvalue weighted by Gasteiger charge is 2.45. The van der Waals surface area contributed by atoms with Crippen molar-refractivity contribution in [2.24, 2.45) is 0 Å². The van der Waals surface area contributed by atoms with Gasteiger partial charge in [0.1, 0.15) is 47.2 Å². The molecule has 1 aliphatic heterocycles. The topological polar surface area (TPSA) is 218 Å². The first-order valence-corrected chi connectivity index (χ1v) is 9.76. The molecule has 12 heteroatoms. The normalized spacial score (nSPS) is 27.1. The summed E-state index contributed by atoms with van der Waals surface area (Å²) in [5.41, 5.74) is -0.876. The highest BCUT2D eigenvalue weighted by molar-refractivity contribution is 6.04. The first-order valence-electron chi connectivity index (χ1n) is 9.76. The molecular formula is C21H24O12. The second-order valence-corrected chi connectivity index (χ2v) is 7.65. The fraction of sp³-hybridized carbons (Fsp3) is 0.381. The zero-order valence-corrected chi connectivity index (χ0v) is 17.2. The zero-order chi connectivity index (χ0) is 24.6. The van der Waals surface area contributed by atoms with Crippen molar-refractivity contribution < 1.29 is 60.2 Å². The number of aliphatic hydroxyl groups is 4. The molecule has 12 nitrogen and oxygen atoms in total. The highest BCUT2D eigenvalue weighted by Crippen LogP contribution is 2.37. The van der Waals surface area contributed by atoms with Crippen molar-refractivity contribution >= 4 is 5.78 Å². The van der Waals surface area contributed by atoms with Crippen LogP contribution in [0, 0.1) is 0 Å². The van der Waals surface area contributed by atoms with E-state index in [4.69, 9.17) is 9.47 Å². The maximum atomic E-state index is 13.2. The van der Waals surface area contributed by atoms with Gasteiger partial charge < -0.3 is 55.4 Å². The van der Waals surface area contributed by atoms with Crippen molar-refractivity contribution in [1.82, 2.24) is 0 Å². The van der Waals surface area contributed by atoms with Gasteiger partial charge in [-0.05, 0) is 24.6 Å². The number of hydrogen-bond donors (Lipinski definition) is 9. The molecule has 1 fully saturated rings. The van der Waals surface area contributed by atoms with Crippen LogP contribution in [0.25, 0.3) is 0 Å². The third-order valence-electron chi connectivity index (χ3n) is 5.30. The molecule has 2 unspecified atom stereocenters. The fourth-order valence-corrected chi connectivity index (χ4v) is 3.44. The molecule has 2 aromatic rings. The second-order valence-electron chi connectivity index (χ2n) is 7.65. The van der Waals surface area contributed by atoms with E-state index in [0.717, 1.165) is 30.3 Å². The summed E-state index contributed by atoms with van der Waals surface area (Å²) in [6, 6.07) is 4.63. The van der Waals surface area contributed by atoms with Gasteiger partial charge in [0.2, 0.25) is 5.78 Å². The van der Waals surface area contributed by atoms with Crippen LogP contribution in [0.15, 0.2) is 30.3 Å². The van der Waals surface area contributed by atoms with Gasteiger partial charge >= 0.3 is 0 Å². The standard InChI is InChI=1S/C21H24O12/c1-7-15(27)18(30)19(31)21(32-7)33-20(16(28)8-2-3-10(23)11(24)4-8)17(29)14-12(25)5-9(22)6-13(14)26/h2-7,15-16,18-28,30-31H,1H3/t7-,15-,16?,18+,19+,20?,21-/m0/s1. The van der Waals surface area contributed by atoms with Crippen LogP contribution in [0.1, 0.15) is 28.9 Å². The first kappa shape index (κ1) is 24.5. The molecule has 0 radical (unpaired) electrons. The van der Waals surface area contributed by atoms with E-state index in [1.165, 1.54) is 6.92 Å². The molecule has 0 aromatic heterocycles. The molecule has 7 atom stereocenters. The van der Waals surface area contributed by atoms with Crippen molar-refractivity contribution in [3.05, 3.63) is 41.5 Å². The Kier molecular flexibility index (Phi) is 6.97. The number of ketones is 1. The third kappa shape index (κ3) is 4.80. The van der Waals surface area contributed by atoms with Crippen LogP contribution in [-0.4, -0.2) is 88.6 Å². The van der Waals surface area contributed by atoms with Crippen LogP contribution in [0.4, 0.5) is 0 Å². The molecule has 1 aliphatic rings. The molecule has 9 N–H and O–H groups in total. The second kappa shape index (κ2) is 9.39. The van der Waals surface area contributed by atoms with Crippen LogP contribution >= 0.6 is 0 Å². The molecule has 0 aliphatic carbocycles. The molecule has 33 heavy (non-hydrogen) atoms. The Morgan fingerprint density at radius 3 is 2.06 bits per heavy atom. The fourth-order valence-electron chi connectivity index (χ4n) is 3.44. The third-order valence-corrected chi connectivity index (χ3v) is 5.30. The van der Waals surface area contributed by atoms with Gasteiger partial charge in [-0.25, -0.2) is 0 Å². The SMILES string of the molecule is C[C@@H]1O[C@@H](OC(C(=O)c2c(O)cc(O)cc2O)C(O)c2ccc(O)c(O)c2)[C@H](O)[C@H](O)[C@H]1O. The van der Waals surface area contributed by atoms with Crippen LogP contribution in [0.3, 0.4) is 0 Å². The number of hydrogen-bond acceptors (Lipinski definition) is 12. The summed E-state index contributed by atoms with van der Waals surface area (Å²) in [5.74, 6) is -4.61. The van der Waals surface area contributed by atoms with Gasteiger partial charge in [0, 0.05) is 12.1 Å². The lowest BCUT2D eigenvalue weighted by molar-refractivity contribution is -0.304. The molecular weight excluding hydrogens is 444 g/mol. The van der Waals surface area contributed by atoms with Gasteiger partial charge in [0.15, 0.2) is 23.9 Å². The van der Waals surface area contributed by atoms with Crippen molar-refractivity contribution in [3.8, 4) is 28.7 Å². The zero-order valence-electron chi connectivity index (χ0n) is 17.2. The molecule has 0 saturated carbocycles. The molecule has 180 valence electrons.